The number of nitrogens with zero attached hydrogens (tertiary/aromatic N) is 3. The smallest absolute Gasteiger partial charge is 0.163 e. The van der Waals surface area contributed by atoms with E-state index in [4.69, 9.17) is 9.47 Å². The Morgan fingerprint density at radius 3 is 2.95 bits per heavy atom. The second-order valence-electron chi connectivity index (χ2n) is 5.01. The summed E-state index contributed by atoms with van der Waals surface area (Å²) in [7, 11) is 0. The SMILES string of the molecule is CCCNCc1cn(-c2ccc3c(c2)OCCCO3)nn1. The normalized spacial score (nSPS) is 14.0. The molecule has 1 aromatic heterocycles. The van der Waals surface area contributed by atoms with Crippen LogP contribution in [0.2, 0.25) is 0 Å². The highest BCUT2D eigenvalue weighted by Gasteiger charge is 2.12. The number of hydrogen-bond donors (Lipinski definition) is 1. The van der Waals surface area contributed by atoms with Crippen molar-refractivity contribution >= 4 is 0 Å². The fourth-order valence-electron chi connectivity index (χ4n) is 2.19. The first-order chi connectivity index (χ1) is 10.4. The van der Waals surface area contributed by atoms with Crippen molar-refractivity contribution in [3.8, 4) is 17.2 Å². The van der Waals surface area contributed by atoms with E-state index in [0.717, 1.165) is 48.8 Å². The Bertz CT molecular complexity index is 597. The molecule has 1 aliphatic rings. The molecule has 0 radical (unpaired) electrons. The summed E-state index contributed by atoms with van der Waals surface area (Å²) in [4.78, 5) is 0. The van der Waals surface area contributed by atoms with E-state index < -0.39 is 0 Å². The van der Waals surface area contributed by atoms with Gasteiger partial charge in [0.05, 0.1) is 30.8 Å². The average molecular weight is 288 g/mol. The van der Waals surface area contributed by atoms with Gasteiger partial charge in [-0.1, -0.05) is 12.1 Å². The first-order valence-corrected chi connectivity index (χ1v) is 7.39. The van der Waals surface area contributed by atoms with E-state index in [9.17, 15) is 0 Å². The molecule has 0 amide bonds. The molecule has 2 heterocycles. The minimum Gasteiger partial charge on any atom is -0.490 e. The molecule has 1 aliphatic heterocycles. The van der Waals surface area contributed by atoms with Gasteiger partial charge < -0.3 is 14.8 Å². The molecule has 0 aliphatic carbocycles. The molecular formula is C15H20N4O2. The van der Waals surface area contributed by atoms with Gasteiger partial charge in [-0.3, -0.25) is 0 Å². The molecule has 0 saturated heterocycles. The monoisotopic (exact) mass is 288 g/mol. The number of benzene rings is 1. The lowest BCUT2D eigenvalue weighted by Crippen LogP contribution is -2.13. The van der Waals surface area contributed by atoms with Crippen molar-refractivity contribution in [3.05, 3.63) is 30.1 Å². The minimum absolute atomic E-state index is 0.681. The van der Waals surface area contributed by atoms with Crippen LogP contribution in [-0.2, 0) is 6.54 Å². The maximum Gasteiger partial charge on any atom is 0.163 e. The van der Waals surface area contributed by atoms with Gasteiger partial charge in [-0.15, -0.1) is 5.10 Å². The lowest BCUT2D eigenvalue weighted by Gasteiger charge is -2.08. The van der Waals surface area contributed by atoms with Crippen molar-refractivity contribution in [2.24, 2.45) is 0 Å². The van der Waals surface area contributed by atoms with Crippen LogP contribution in [0.4, 0.5) is 0 Å². The topological polar surface area (TPSA) is 61.2 Å². The van der Waals surface area contributed by atoms with Gasteiger partial charge in [0.25, 0.3) is 0 Å². The molecule has 2 aromatic rings. The summed E-state index contributed by atoms with van der Waals surface area (Å²) in [5.74, 6) is 1.56. The Kier molecular flexibility index (Phi) is 4.35. The summed E-state index contributed by atoms with van der Waals surface area (Å²) in [5, 5.41) is 11.7. The van der Waals surface area contributed by atoms with Crippen LogP contribution in [0, 0.1) is 0 Å². The van der Waals surface area contributed by atoms with Crippen LogP contribution in [0.25, 0.3) is 5.69 Å². The molecule has 21 heavy (non-hydrogen) atoms. The van der Waals surface area contributed by atoms with Gasteiger partial charge in [0.2, 0.25) is 0 Å². The summed E-state index contributed by atoms with van der Waals surface area (Å²) < 4.78 is 13.1. The second-order valence-corrected chi connectivity index (χ2v) is 5.01. The highest BCUT2D eigenvalue weighted by Crippen LogP contribution is 2.31. The lowest BCUT2D eigenvalue weighted by atomic mass is 10.3. The third-order valence-electron chi connectivity index (χ3n) is 3.27. The fraction of sp³-hybridized carbons (Fsp3) is 0.467. The maximum absolute atomic E-state index is 5.70. The number of rotatable bonds is 5. The second kappa shape index (κ2) is 6.58. The fourth-order valence-corrected chi connectivity index (χ4v) is 2.19. The predicted molar refractivity (Wildman–Crippen MR) is 79.0 cm³/mol. The molecule has 0 saturated carbocycles. The predicted octanol–water partition coefficient (Wildman–Crippen LogP) is 1.93. The van der Waals surface area contributed by atoms with Gasteiger partial charge in [0, 0.05) is 19.0 Å². The Balaban J connectivity index is 1.76. The third kappa shape index (κ3) is 3.33. The first-order valence-electron chi connectivity index (χ1n) is 7.39. The summed E-state index contributed by atoms with van der Waals surface area (Å²) >= 11 is 0. The summed E-state index contributed by atoms with van der Waals surface area (Å²) in [6.45, 7) is 5.24. The molecule has 0 fully saturated rings. The first kappa shape index (κ1) is 13.9. The van der Waals surface area contributed by atoms with E-state index in [2.05, 4.69) is 22.6 Å². The molecule has 6 heteroatoms. The quantitative estimate of drug-likeness (QED) is 0.852. The summed E-state index contributed by atoms with van der Waals surface area (Å²) in [5.41, 5.74) is 1.85. The lowest BCUT2D eigenvalue weighted by molar-refractivity contribution is 0.297. The number of aromatic nitrogens is 3. The molecule has 112 valence electrons. The number of hydrogen-bond acceptors (Lipinski definition) is 5. The van der Waals surface area contributed by atoms with Crippen LogP contribution in [0.15, 0.2) is 24.4 Å². The van der Waals surface area contributed by atoms with Gasteiger partial charge >= 0.3 is 0 Å². The number of fused-ring (bicyclic) bond motifs is 1. The molecule has 0 unspecified atom stereocenters. The molecule has 3 rings (SSSR count). The van der Waals surface area contributed by atoms with E-state index in [-0.39, 0.29) is 0 Å². The van der Waals surface area contributed by atoms with Gasteiger partial charge in [0.1, 0.15) is 0 Å². The molecule has 0 bridgehead atoms. The third-order valence-corrected chi connectivity index (χ3v) is 3.27. The Morgan fingerprint density at radius 2 is 2.10 bits per heavy atom. The highest BCUT2D eigenvalue weighted by molar-refractivity contribution is 5.48. The van der Waals surface area contributed by atoms with Crippen LogP contribution in [0.3, 0.4) is 0 Å². The van der Waals surface area contributed by atoms with Crippen molar-refractivity contribution < 1.29 is 9.47 Å². The molecule has 1 N–H and O–H groups in total. The largest absolute Gasteiger partial charge is 0.490 e. The van der Waals surface area contributed by atoms with E-state index in [1.54, 1.807) is 4.68 Å². The standard InChI is InChI=1S/C15H20N4O2/c1-2-6-16-10-12-11-19(18-17-12)13-4-5-14-15(9-13)21-8-3-7-20-14/h4-5,9,11,16H,2-3,6-8,10H2,1H3. The maximum atomic E-state index is 5.70. The van der Waals surface area contributed by atoms with Gasteiger partial charge in [-0.25, -0.2) is 4.68 Å². The number of nitrogens with one attached hydrogen (secondary N) is 1. The Morgan fingerprint density at radius 1 is 1.24 bits per heavy atom. The van der Waals surface area contributed by atoms with E-state index in [1.165, 1.54) is 0 Å². The van der Waals surface area contributed by atoms with Crippen molar-refractivity contribution in [2.75, 3.05) is 19.8 Å². The van der Waals surface area contributed by atoms with E-state index >= 15 is 0 Å². The van der Waals surface area contributed by atoms with Crippen LogP contribution in [0.1, 0.15) is 25.5 Å². The van der Waals surface area contributed by atoms with Gasteiger partial charge in [-0.2, -0.15) is 0 Å². The van der Waals surface area contributed by atoms with Crippen molar-refractivity contribution in [1.82, 2.24) is 20.3 Å². The molecule has 1 aromatic carbocycles. The average Bonchev–Trinajstić information content (AvgIpc) is 2.85. The summed E-state index contributed by atoms with van der Waals surface area (Å²) in [6, 6.07) is 5.83. The molecule has 6 nitrogen and oxygen atoms in total. The summed E-state index contributed by atoms with van der Waals surface area (Å²) in [6.07, 6.45) is 3.94. The van der Waals surface area contributed by atoms with E-state index in [0.29, 0.717) is 13.2 Å². The Hall–Kier alpha value is -2.08. The molecule has 0 spiro atoms. The van der Waals surface area contributed by atoms with Crippen LogP contribution < -0.4 is 14.8 Å². The Labute approximate surface area is 124 Å². The zero-order valence-electron chi connectivity index (χ0n) is 12.2. The van der Waals surface area contributed by atoms with Crippen LogP contribution >= 0.6 is 0 Å². The van der Waals surface area contributed by atoms with Crippen molar-refractivity contribution in [1.29, 1.82) is 0 Å². The minimum atomic E-state index is 0.681. The van der Waals surface area contributed by atoms with Gasteiger partial charge in [-0.05, 0) is 25.1 Å². The van der Waals surface area contributed by atoms with Crippen LogP contribution in [0.5, 0.6) is 11.5 Å². The van der Waals surface area contributed by atoms with Gasteiger partial charge in [0.15, 0.2) is 11.5 Å². The zero-order valence-corrected chi connectivity index (χ0v) is 12.2. The van der Waals surface area contributed by atoms with Crippen LogP contribution in [-0.4, -0.2) is 34.8 Å². The van der Waals surface area contributed by atoms with Crippen molar-refractivity contribution in [3.63, 3.8) is 0 Å². The van der Waals surface area contributed by atoms with E-state index in [1.807, 2.05) is 24.4 Å². The zero-order chi connectivity index (χ0) is 14.5. The molecule has 0 atom stereocenters. The number of ether oxygens (including phenoxy) is 2. The molecular weight excluding hydrogens is 268 g/mol. The van der Waals surface area contributed by atoms with Crippen molar-refractivity contribution in [2.45, 2.75) is 26.3 Å². The highest BCUT2D eigenvalue weighted by atomic mass is 16.5.